The predicted octanol–water partition coefficient (Wildman–Crippen LogP) is 3.04. The van der Waals surface area contributed by atoms with Crippen LogP contribution in [0, 0.1) is 5.92 Å². The number of aliphatic imine (C=N–C) groups is 1. The fraction of sp³-hybridized carbons (Fsp3) is 0.647. The van der Waals surface area contributed by atoms with Crippen molar-refractivity contribution in [1.82, 2.24) is 20.5 Å². The second-order valence-corrected chi connectivity index (χ2v) is 6.75. The number of pyridine rings is 1. The van der Waals surface area contributed by atoms with Crippen LogP contribution in [0.15, 0.2) is 23.3 Å². The molecule has 7 heteroatoms. The first-order chi connectivity index (χ1) is 10.9. The van der Waals surface area contributed by atoms with E-state index in [0.717, 1.165) is 37.5 Å². The lowest BCUT2D eigenvalue weighted by Crippen LogP contribution is -2.45. The van der Waals surface area contributed by atoms with Crippen LogP contribution in [0.2, 0.25) is 5.15 Å². The van der Waals surface area contributed by atoms with E-state index >= 15 is 0 Å². The van der Waals surface area contributed by atoms with E-state index in [1.165, 1.54) is 0 Å². The average molecular weight is 468 g/mol. The maximum atomic E-state index is 5.79. The van der Waals surface area contributed by atoms with Crippen molar-refractivity contribution in [2.75, 3.05) is 34.2 Å². The normalized spacial score (nSPS) is 12.9. The number of nitrogens with one attached hydrogen (secondary N) is 2. The Kier molecular flexibility index (Phi) is 12.4. The molecule has 1 heterocycles. The van der Waals surface area contributed by atoms with Gasteiger partial charge in [0.2, 0.25) is 0 Å². The monoisotopic (exact) mass is 467 g/mol. The molecule has 0 amide bonds. The van der Waals surface area contributed by atoms with Gasteiger partial charge in [-0.15, -0.1) is 24.0 Å². The summed E-state index contributed by atoms with van der Waals surface area (Å²) in [6.07, 6.45) is 3.85. The van der Waals surface area contributed by atoms with Crippen LogP contribution >= 0.6 is 35.6 Å². The maximum Gasteiger partial charge on any atom is 0.191 e. The smallest absolute Gasteiger partial charge is 0.191 e. The number of nitrogens with zero attached hydrogens (tertiary/aromatic N) is 3. The van der Waals surface area contributed by atoms with E-state index in [2.05, 4.69) is 53.5 Å². The van der Waals surface area contributed by atoms with Gasteiger partial charge in [0, 0.05) is 32.4 Å². The number of rotatable bonds is 8. The summed E-state index contributed by atoms with van der Waals surface area (Å²) in [5.41, 5.74) is 1.16. The lowest BCUT2D eigenvalue weighted by atomic mass is 10.0. The van der Waals surface area contributed by atoms with E-state index in [1.54, 1.807) is 7.05 Å². The zero-order chi connectivity index (χ0) is 17.2. The fourth-order valence-electron chi connectivity index (χ4n) is 2.34. The van der Waals surface area contributed by atoms with Crippen LogP contribution in [0.25, 0.3) is 0 Å². The number of halogens is 2. The molecular weight excluding hydrogens is 437 g/mol. The molecule has 0 radical (unpaired) electrons. The summed E-state index contributed by atoms with van der Waals surface area (Å²) in [6, 6.07) is 4.31. The van der Waals surface area contributed by atoms with Crippen molar-refractivity contribution in [3.8, 4) is 0 Å². The predicted molar refractivity (Wildman–Crippen MR) is 115 cm³/mol. The molecule has 0 aliphatic rings. The first kappa shape index (κ1) is 23.4. The number of hydrogen-bond donors (Lipinski definition) is 2. The molecule has 0 fully saturated rings. The first-order valence-electron chi connectivity index (χ1n) is 8.13. The van der Waals surface area contributed by atoms with E-state index in [9.17, 15) is 0 Å². The lowest BCUT2D eigenvalue weighted by Gasteiger charge is -2.27. The zero-order valence-electron chi connectivity index (χ0n) is 15.3. The van der Waals surface area contributed by atoms with Crippen LogP contribution < -0.4 is 10.6 Å². The van der Waals surface area contributed by atoms with Gasteiger partial charge in [0.05, 0.1) is 0 Å². The number of hydrogen-bond acceptors (Lipinski definition) is 3. The third-order valence-corrected chi connectivity index (χ3v) is 3.92. The van der Waals surface area contributed by atoms with Crippen molar-refractivity contribution in [2.24, 2.45) is 10.9 Å². The average Bonchev–Trinajstić information content (AvgIpc) is 2.50. The molecule has 1 unspecified atom stereocenters. The number of guanidine groups is 1. The standard InChI is InChI=1S/C17H30ClN5.HI/c1-13(2)10-15(23(4)5)12-22-17(19-3)20-9-8-14-6-7-16(18)21-11-14;/h6-7,11,13,15H,8-10,12H2,1-5H3,(H2,19,20,22);1H. The van der Waals surface area contributed by atoms with Crippen molar-refractivity contribution in [3.05, 3.63) is 29.0 Å². The Bertz CT molecular complexity index is 476. The first-order valence-corrected chi connectivity index (χ1v) is 8.51. The van der Waals surface area contributed by atoms with Crippen LogP contribution in [-0.4, -0.2) is 56.1 Å². The minimum Gasteiger partial charge on any atom is -0.356 e. The summed E-state index contributed by atoms with van der Waals surface area (Å²) in [7, 11) is 6.04. The lowest BCUT2D eigenvalue weighted by molar-refractivity contribution is 0.254. The van der Waals surface area contributed by atoms with Crippen LogP contribution in [0.4, 0.5) is 0 Å². The van der Waals surface area contributed by atoms with Gasteiger partial charge in [0.25, 0.3) is 0 Å². The largest absolute Gasteiger partial charge is 0.356 e. The molecule has 1 atom stereocenters. The Morgan fingerprint density at radius 1 is 1.29 bits per heavy atom. The third-order valence-electron chi connectivity index (χ3n) is 3.70. The number of aromatic nitrogens is 1. The van der Waals surface area contributed by atoms with Crippen molar-refractivity contribution >= 4 is 41.5 Å². The highest BCUT2D eigenvalue weighted by Gasteiger charge is 2.13. The van der Waals surface area contributed by atoms with Gasteiger partial charge < -0.3 is 15.5 Å². The molecule has 0 aromatic carbocycles. The van der Waals surface area contributed by atoms with Crippen molar-refractivity contribution < 1.29 is 0 Å². The molecule has 0 bridgehead atoms. The highest BCUT2D eigenvalue weighted by atomic mass is 127. The van der Waals surface area contributed by atoms with Crippen LogP contribution in [0.3, 0.4) is 0 Å². The van der Waals surface area contributed by atoms with Gasteiger partial charge in [-0.05, 0) is 44.5 Å². The molecule has 0 aliphatic carbocycles. The number of likely N-dealkylation sites (N-methyl/N-ethyl adjacent to an activating group) is 1. The van der Waals surface area contributed by atoms with Gasteiger partial charge in [-0.3, -0.25) is 4.99 Å². The van der Waals surface area contributed by atoms with Gasteiger partial charge in [-0.25, -0.2) is 4.98 Å². The summed E-state index contributed by atoms with van der Waals surface area (Å²) >= 11 is 5.79. The van der Waals surface area contributed by atoms with Gasteiger partial charge in [0.1, 0.15) is 5.15 Å². The molecule has 0 spiro atoms. The molecule has 1 aromatic rings. The van der Waals surface area contributed by atoms with E-state index in [0.29, 0.717) is 17.1 Å². The Morgan fingerprint density at radius 3 is 2.50 bits per heavy atom. The Balaban J connectivity index is 0.00000529. The van der Waals surface area contributed by atoms with E-state index in [1.807, 2.05) is 18.3 Å². The van der Waals surface area contributed by atoms with Crippen molar-refractivity contribution in [1.29, 1.82) is 0 Å². The van der Waals surface area contributed by atoms with Gasteiger partial charge in [-0.1, -0.05) is 31.5 Å². The van der Waals surface area contributed by atoms with Crippen LogP contribution in [0.5, 0.6) is 0 Å². The summed E-state index contributed by atoms with van der Waals surface area (Å²) in [5, 5.41) is 7.28. The molecule has 0 saturated carbocycles. The minimum atomic E-state index is 0. The highest BCUT2D eigenvalue weighted by Crippen LogP contribution is 2.08. The van der Waals surface area contributed by atoms with Crippen molar-refractivity contribution in [3.63, 3.8) is 0 Å². The molecule has 0 saturated heterocycles. The Morgan fingerprint density at radius 2 is 2.00 bits per heavy atom. The molecular formula is C17H31ClIN5. The van der Waals surface area contributed by atoms with Crippen LogP contribution in [0.1, 0.15) is 25.8 Å². The zero-order valence-corrected chi connectivity index (χ0v) is 18.4. The van der Waals surface area contributed by atoms with E-state index in [4.69, 9.17) is 11.6 Å². The molecule has 5 nitrogen and oxygen atoms in total. The second-order valence-electron chi connectivity index (χ2n) is 6.37. The molecule has 24 heavy (non-hydrogen) atoms. The van der Waals surface area contributed by atoms with Gasteiger partial charge in [-0.2, -0.15) is 0 Å². The van der Waals surface area contributed by atoms with E-state index in [-0.39, 0.29) is 24.0 Å². The molecule has 1 rings (SSSR count). The van der Waals surface area contributed by atoms with Gasteiger partial charge in [0.15, 0.2) is 5.96 Å². The van der Waals surface area contributed by atoms with Gasteiger partial charge >= 0.3 is 0 Å². The Hall–Kier alpha value is -0.600. The van der Waals surface area contributed by atoms with Crippen LogP contribution in [-0.2, 0) is 6.42 Å². The topological polar surface area (TPSA) is 52.6 Å². The highest BCUT2D eigenvalue weighted by molar-refractivity contribution is 14.0. The second kappa shape index (κ2) is 12.7. The van der Waals surface area contributed by atoms with E-state index < -0.39 is 0 Å². The summed E-state index contributed by atoms with van der Waals surface area (Å²) in [4.78, 5) is 10.6. The molecule has 0 aliphatic heterocycles. The fourth-order valence-corrected chi connectivity index (χ4v) is 2.45. The quantitative estimate of drug-likeness (QED) is 0.267. The Labute approximate surface area is 168 Å². The molecule has 138 valence electrons. The SMILES string of the molecule is CN=C(NCCc1ccc(Cl)nc1)NCC(CC(C)C)N(C)C.I. The van der Waals surface area contributed by atoms with Crippen molar-refractivity contribution in [2.45, 2.75) is 32.7 Å². The third kappa shape index (κ3) is 9.64. The summed E-state index contributed by atoms with van der Waals surface area (Å²) in [6.45, 7) is 6.20. The maximum absolute atomic E-state index is 5.79. The summed E-state index contributed by atoms with van der Waals surface area (Å²) < 4.78 is 0. The molecule has 2 N–H and O–H groups in total. The minimum absolute atomic E-state index is 0. The summed E-state index contributed by atoms with van der Waals surface area (Å²) in [5.74, 6) is 1.51. The molecule has 1 aromatic heterocycles.